The largest absolute Gasteiger partial charge is 0.507 e. The Morgan fingerprint density at radius 3 is 2.73 bits per heavy atom. The van der Waals surface area contributed by atoms with Crippen molar-refractivity contribution in [2.45, 2.75) is 4.21 Å². The van der Waals surface area contributed by atoms with Crippen molar-refractivity contribution < 1.29 is 13.5 Å². The van der Waals surface area contributed by atoms with E-state index in [9.17, 15) is 13.5 Å². The van der Waals surface area contributed by atoms with Crippen LogP contribution in [0.4, 0.5) is 0 Å². The van der Waals surface area contributed by atoms with Crippen molar-refractivity contribution in [2.24, 2.45) is 4.40 Å². The van der Waals surface area contributed by atoms with Crippen LogP contribution in [0.25, 0.3) is 10.8 Å². The second kappa shape index (κ2) is 5.83. The second-order valence-corrected chi connectivity index (χ2v) is 8.23. The molecule has 0 unspecified atom stereocenters. The first-order chi connectivity index (χ1) is 10.5. The topological polar surface area (TPSA) is 66.7 Å². The highest BCUT2D eigenvalue weighted by Gasteiger charge is 2.13. The molecule has 7 heteroatoms. The van der Waals surface area contributed by atoms with E-state index in [4.69, 9.17) is 0 Å². The molecule has 4 nitrogen and oxygen atoms in total. The van der Waals surface area contributed by atoms with Gasteiger partial charge in [-0.05, 0) is 40.4 Å². The zero-order chi connectivity index (χ0) is 15.7. The molecule has 0 aliphatic rings. The lowest BCUT2D eigenvalue weighted by molar-refractivity contribution is 0.475. The van der Waals surface area contributed by atoms with Gasteiger partial charge in [0.05, 0.1) is 6.21 Å². The van der Waals surface area contributed by atoms with Gasteiger partial charge in [0.1, 0.15) is 9.96 Å². The summed E-state index contributed by atoms with van der Waals surface area (Å²) in [6.45, 7) is 0. The summed E-state index contributed by atoms with van der Waals surface area (Å²) < 4.78 is 28.9. The minimum Gasteiger partial charge on any atom is -0.507 e. The number of aromatic hydroxyl groups is 1. The molecule has 22 heavy (non-hydrogen) atoms. The Morgan fingerprint density at radius 1 is 1.18 bits per heavy atom. The van der Waals surface area contributed by atoms with Gasteiger partial charge >= 0.3 is 0 Å². The zero-order valence-electron chi connectivity index (χ0n) is 11.1. The first kappa shape index (κ1) is 15.2. The number of rotatable bonds is 3. The maximum atomic E-state index is 12.1. The van der Waals surface area contributed by atoms with Gasteiger partial charge in [-0.25, -0.2) is 0 Å². The van der Waals surface area contributed by atoms with Gasteiger partial charge in [-0.15, -0.1) is 11.3 Å². The predicted molar refractivity (Wildman–Crippen MR) is 92.4 cm³/mol. The number of phenolic OH excluding ortho intramolecular Hbond substituents is 1. The predicted octanol–water partition coefficient (Wildman–Crippen LogP) is 4.18. The SMILES string of the molecule is O=S(=O)(/N=C\c1c(O)ccc2cc(Br)ccc12)c1cccs1. The number of fused-ring (bicyclic) bond motifs is 1. The van der Waals surface area contributed by atoms with E-state index in [2.05, 4.69) is 20.3 Å². The summed E-state index contributed by atoms with van der Waals surface area (Å²) in [7, 11) is -3.74. The molecule has 1 heterocycles. The summed E-state index contributed by atoms with van der Waals surface area (Å²) in [5.41, 5.74) is 0.380. The fourth-order valence-corrected chi connectivity index (χ4v) is 4.24. The molecule has 0 aliphatic heterocycles. The fraction of sp³-hybridized carbons (Fsp3) is 0. The Labute approximate surface area is 139 Å². The molecule has 0 saturated heterocycles. The zero-order valence-corrected chi connectivity index (χ0v) is 14.3. The van der Waals surface area contributed by atoms with Gasteiger partial charge in [-0.1, -0.05) is 34.1 Å². The molecule has 0 saturated carbocycles. The standard InChI is InChI=1S/C15H10BrNO3S2/c16-11-4-5-12-10(8-11)3-6-14(18)13(12)9-17-22(19,20)15-2-1-7-21-15/h1-9,18H/b17-9-. The number of sulfonamides is 1. The van der Waals surface area contributed by atoms with Gasteiger partial charge < -0.3 is 5.11 Å². The van der Waals surface area contributed by atoms with Gasteiger partial charge in [0.25, 0.3) is 10.0 Å². The lowest BCUT2D eigenvalue weighted by atomic mass is 10.0. The molecule has 3 aromatic rings. The van der Waals surface area contributed by atoms with Gasteiger partial charge in [0.2, 0.25) is 0 Å². The number of hydrogen-bond acceptors (Lipinski definition) is 4. The van der Waals surface area contributed by atoms with Crippen molar-refractivity contribution in [3.05, 3.63) is 57.9 Å². The summed E-state index contributed by atoms with van der Waals surface area (Å²) in [4.78, 5) is 0. The Kier molecular flexibility index (Phi) is 4.03. The molecule has 2 aromatic carbocycles. The third-order valence-electron chi connectivity index (χ3n) is 3.07. The Balaban J connectivity index is 2.11. The molecule has 0 atom stereocenters. The monoisotopic (exact) mass is 395 g/mol. The van der Waals surface area contributed by atoms with E-state index in [1.54, 1.807) is 23.6 Å². The van der Waals surface area contributed by atoms with Crippen molar-refractivity contribution in [3.63, 3.8) is 0 Å². The number of benzene rings is 2. The molecule has 0 radical (unpaired) electrons. The van der Waals surface area contributed by atoms with Crippen molar-refractivity contribution in [2.75, 3.05) is 0 Å². The molecular weight excluding hydrogens is 386 g/mol. The fourth-order valence-electron chi connectivity index (χ4n) is 2.03. The third-order valence-corrected chi connectivity index (χ3v) is 6.17. The quantitative estimate of drug-likeness (QED) is 0.676. The molecule has 0 spiro atoms. The average Bonchev–Trinajstić information content (AvgIpc) is 3.01. The first-order valence-electron chi connectivity index (χ1n) is 6.22. The van der Waals surface area contributed by atoms with Crippen LogP contribution in [-0.4, -0.2) is 19.7 Å². The van der Waals surface area contributed by atoms with Crippen molar-refractivity contribution in [3.8, 4) is 5.75 Å². The van der Waals surface area contributed by atoms with E-state index in [1.165, 1.54) is 18.3 Å². The van der Waals surface area contributed by atoms with E-state index >= 15 is 0 Å². The third kappa shape index (κ3) is 2.92. The summed E-state index contributed by atoms with van der Waals surface area (Å²) in [5.74, 6) is -0.0139. The highest BCUT2D eigenvalue weighted by Crippen LogP contribution is 2.28. The van der Waals surface area contributed by atoms with Crippen LogP contribution in [0.15, 0.2) is 60.9 Å². The van der Waals surface area contributed by atoms with Gasteiger partial charge in [0, 0.05) is 10.0 Å². The minimum atomic E-state index is -3.74. The number of thiophene rings is 1. The van der Waals surface area contributed by atoms with E-state index < -0.39 is 10.0 Å². The highest BCUT2D eigenvalue weighted by molar-refractivity contribution is 9.10. The molecule has 3 rings (SSSR count). The maximum absolute atomic E-state index is 12.1. The van der Waals surface area contributed by atoms with E-state index in [1.807, 2.05) is 12.1 Å². The van der Waals surface area contributed by atoms with Crippen LogP contribution < -0.4 is 0 Å². The van der Waals surface area contributed by atoms with Crippen LogP contribution >= 0.6 is 27.3 Å². The number of halogens is 1. The van der Waals surface area contributed by atoms with E-state index in [-0.39, 0.29) is 9.96 Å². The second-order valence-electron chi connectivity index (χ2n) is 4.51. The van der Waals surface area contributed by atoms with Crippen molar-refractivity contribution in [1.29, 1.82) is 0 Å². The maximum Gasteiger partial charge on any atom is 0.291 e. The Hall–Kier alpha value is -1.70. The van der Waals surface area contributed by atoms with E-state index in [0.29, 0.717) is 5.56 Å². The van der Waals surface area contributed by atoms with Crippen molar-refractivity contribution in [1.82, 2.24) is 0 Å². The molecule has 0 fully saturated rings. The van der Waals surface area contributed by atoms with Crippen molar-refractivity contribution >= 4 is 54.3 Å². The average molecular weight is 396 g/mol. The molecule has 0 aliphatic carbocycles. The summed E-state index contributed by atoms with van der Waals surface area (Å²) in [5, 5.41) is 13.3. The number of nitrogens with zero attached hydrogens (tertiary/aromatic N) is 1. The first-order valence-corrected chi connectivity index (χ1v) is 9.34. The number of hydrogen-bond donors (Lipinski definition) is 1. The summed E-state index contributed by atoms with van der Waals surface area (Å²) in [6.07, 6.45) is 1.20. The molecule has 0 bridgehead atoms. The van der Waals surface area contributed by atoms with Crippen LogP contribution in [0, 0.1) is 0 Å². The van der Waals surface area contributed by atoms with Gasteiger partial charge in [0.15, 0.2) is 0 Å². The Morgan fingerprint density at radius 2 is 2.00 bits per heavy atom. The van der Waals surface area contributed by atoms with Gasteiger partial charge in [-0.3, -0.25) is 0 Å². The van der Waals surface area contributed by atoms with Crippen LogP contribution in [0.2, 0.25) is 0 Å². The lowest BCUT2D eigenvalue weighted by Gasteiger charge is -2.05. The highest BCUT2D eigenvalue weighted by atomic mass is 79.9. The molecule has 112 valence electrons. The van der Waals surface area contributed by atoms with Crippen LogP contribution in [0.3, 0.4) is 0 Å². The van der Waals surface area contributed by atoms with Gasteiger partial charge in [-0.2, -0.15) is 12.8 Å². The van der Waals surface area contributed by atoms with Crippen LogP contribution in [0.1, 0.15) is 5.56 Å². The minimum absolute atomic E-state index is 0.0139. The normalized spacial score (nSPS) is 12.2. The molecule has 1 aromatic heterocycles. The van der Waals surface area contributed by atoms with Crippen LogP contribution in [0.5, 0.6) is 5.75 Å². The molecule has 0 amide bonds. The summed E-state index contributed by atoms with van der Waals surface area (Å²) >= 11 is 4.49. The smallest absolute Gasteiger partial charge is 0.291 e. The van der Waals surface area contributed by atoms with E-state index in [0.717, 1.165) is 26.6 Å². The molecular formula is C15H10BrNO3S2. The lowest BCUT2D eigenvalue weighted by Crippen LogP contribution is -1.95. The molecule has 1 N–H and O–H groups in total. The number of phenols is 1. The van der Waals surface area contributed by atoms with Crippen LogP contribution in [-0.2, 0) is 10.0 Å². The summed E-state index contributed by atoms with van der Waals surface area (Å²) in [6, 6.07) is 12.0. The Bertz CT molecular complexity index is 964.